The van der Waals surface area contributed by atoms with E-state index in [4.69, 9.17) is 4.74 Å². The largest absolute Gasteiger partial charge is 0.454 e. The van der Waals surface area contributed by atoms with E-state index in [-0.39, 0.29) is 11.0 Å². The van der Waals surface area contributed by atoms with Crippen molar-refractivity contribution in [2.45, 2.75) is 32.8 Å². The number of ether oxygens (including phenoxy) is 1. The molecule has 0 heterocycles. The first-order chi connectivity index (χ1) is 11.7. The highest BCUT2D eigenvalue weighted by molar-refractivity contribution is 5.91. The molecule has 0 bridgehead atoms. The topological polar surface area (TPSA) is 113 Å². The molecule has 25 heavy (non-hydrogen) atoms. The van der Waals surface area contributed by atoms with Crippen LogP contribution in [0, 0.1) is 37.5 Å². The van der Waals surface area contributed by atoms with Crippen LogP contribution in [0.15, 0.2) is 30.4 Å². The van der Waals surface area contributed by atoms with Crippen LogP contribution in [0.5, 0.6) is 0 Å². The van der Waals surface area contributed by atoms with E-state index in [0.29, 0.717) is 18.3 Å². The lowest BCUT2D eigenvalue weighted by Gasteiger charge is -2.20. The standard InChI is InChI=1S/C17H18N2O6/c1-9(2)17-7-14(17)10(3)15(8-17)25-16(20)11-4-12(18(21)22)6-13(5-11)19(23)24/h4-6,9,14-15H,3,7-8H2,1-2H3/t14-,15+,17-/m0/s1. The minimum absolute atomic E-state index is 0.122. The quantitative estimate of drug-likeness (QED) is 0.348. The number of rotatable bonds is 5. The molecule has 8 heteroatoms. The predicted molar refractivity (Wildman–Crippen MR) is 88.1 cm³/mol. The van der Waals surface area contributed by atoms with Crippen LogP contribution in [0.25, 0.3) is 0 Å². The number of carbonyl (C=O) groups is 1. The van der Waals surface area contributed by atoms with Gasteiger partial charge in [-0.3, -0.25) is 20.2 Å². The molecule has 2 aliphatic rings. The maximum absolute atomic E-state index is 12.4. The molecule has 3 atom stereocenters. The summed E-state index contributed by atoms with van der Waals surface area (Å²) < 4.78 is 5.47. The van der Waals surface area contributed by atoms with Gasteiger partial charge in [0.25, 0.3) is 11.4 Å². The number of nitro groups is 2. The molecule has 0 radical (unpaired) electrons. The number of nitrogens with zero attached hydrogens (tertiary/aromatic N) is 2. The number of fused-ring (bicyclic) bond motifs is 1. The van der Waals surface area contributed by atoms with Crippen molar-refractivity contribution in [3.63, 3.8) is 0 Å². The number of nitro benzene ring substituents is 2. The molecule has 0 saturated heterocycles. The molecule has 2 fully saturated rings. The van der Waals surface area contributed by atoms with Crippen LogP contribution >= 0.6 is 0 Å². The summed E-state index contributed by atoms with van der Waals surface area (Å²) >= 11 is 0. The molecule has 2 aliphatic carbocycles. The Bertz CT molecular complexity index is 770. The zero-order chi connectivity index (χ0) is 18.5. The van der Waals surface area contributed by atoms with Crippen molar-refractivity contribution in [3.8, 4) is 0 Å². The number of esters is 1. The van der Waals surface area contributed by atoms with E-state index in [1.165, 1.54) is 0 Å². The zero-order valence-corrected chi connectivity index (χ0v) is 13.9. The Morgan fingerprint density at radius 3 is 2.20 bits per heavy atom. The number of carbonyl (C=O) groups excluding carboxylic acids is 1. The van der Waals surface area contributed by atoms with Gasteiger partial charge in [0.15, 0.2) is 0 Å². The first-order valence-electron chi connectivity index (χ1n) is 7.99. The number of hydrogen-bond acceptors (Lipinski definition) is 6. The van der Waals surface area contributed by atoms with E-state index in [1.807, 2.05) is 0 Å². The van der Waals surface area contributed by atoms with E-state index in [9.17, 15) is 25.0 Å². The summed E-state index contributed by atoms with van der Waals surface area (Å²) in [6.07, 6.45) is 1.27. The summed E-state index contributed by atoms with van der Waals surface area (Å²) in [5, 5.41) is 21.9. The SMILES string of the molecule is C=C1[C@H](OC(=O)c2cc([N+](=O)[O-])cc([N+](=O)[O-])c2)C[C@]2(C(C)C)C[C@@H]12. The molecule has 0 amide bonds. The zero-order valence-electron chi connectivity index (χ0n) is 13.9. The second-order valence-corrected chi connectivity index (χ2v) is 7.07. The Hall–Kier alpha value is -2.77. The Morgan fingerprint density at radius 2 is 1.76 bits per heavy atom. The van der Waals surface area contributed by atoms with Crippen molar-refractivity contribution < 1.29 is 19.4 Å². The van der Waals surface area contributed by atoms with Crippen LogP contribution in [0.3, 0.4) is 0 Å². The van der Waals surface area contributed by atoms with Gasteiger partial charge in [-0.15, -0.1) is 0 Å². The third kappa shape index (κ3) is 2.77. The van der Waals surface area contributed by atoms with E-state index in [2.05, 4.69) is 20.4 Å². The third-order valence-corrected chi connectivity index (χ3v) is 5.50. The number of non-ortho nitro benzene ring substituents is 2. The van der Waals surface area contributed by atoms with Crippen molar-refractivity contribution in [3.05, 3.63) is 56.1 Å². The highest BCUT2D eigenvalue weighted by Crippen LogP contribution is 2.69. The summed E-state index contributed by atoms with van der Waals surface area (Å²) in [5.41, 5.74) is -0.257. The normalized spacial score (nSPS) is 27.1. The molecule has 0 aliphatic heterocycles. The first-order valence-corrected chi connectivity index (χ1v) is 7.99. The fraction of sp³-hybridized carbons (Fsp3) is 0.471. The second kappa shape index (κ2) is 5.65. The maximum atomic E-state index is 12.4. The summed E-state index contributed by atoms with van der Waals surface area (Å²) in [6.45, 7) is 8.28. The van der Waals surface area contributed by atoms with E-state index < -0.39 is 33.3 Å². The van der Waals surface area contributed by atoms with Crippen LogP contribution in [-0.2, 0) is 4.74 Å². The van der Waals surface area contributed by atoms with Gasteiger partial charge in [-0.1, -0.05) is 20.4 Å². The Labute approximate surface area is 143 Å². The molecular formula is C17H18N2O6. The van der Waals surface area contributed by atoms with Crippen molar-refractivity contribution >= 4 is 17.3 Å². The molecule has 0 aromatic heterocycles. The molecule has 8 nitrogen and oxygen atoms in total. The van der Waals surface area contributed by atoms with Crippen LogP contribution in [0.4, 0.5) is 11.4 Å². The fourth-order valence-electron chi connectivity index (χ4n) is 3.86. The smallest absolute Gasteiger partial charge is 0.339 e. The lowest BCUT2D eigenvalue weighted by Crippen LogP contribution is -2.21. The summed E-state index contributed by atoms with van der Waals surface area (Å²) in [6, 6.07) is 2.80. The van der Waals surface area contributed by atoms with Crippen molar-refractivity contribution in [2.24, 2.45) is 17.3 Å². The lowest BCUT2D eigenvalue weighted by atomic mass is 9.89. The van der Waals surface area contributed by atoms with Crippen molar-refractivity contribution in [1.29, 1.82) is 0 Å². The average Bonchev–Trinajstić information content (AvgIpc) is 3.22. The Kier molecular flexibility index (Phi) is 3.85. The molecular weight excluding hydrogens is 328 g/mol. The number of benzene rings is 1. The number of hydrogen-bond donors (Lipinski definition) is 0. The fourth-order valence-corrected chi connectivity index (χ4v) is 3.86. The average molecular weight is 346 g/mol. The van der Waals surface area contributed by atoms with Gasteiger partial charge in [0.2, 0.25) is 0 Å². The van der Waals surface area contributed by atoms with Crippen LogP contribution in [0.1, 0.15) is 37.0 Å². The second-order valence-electron chi connectivity index (χ2n) is 7.07. The van der Waals surface area contributed by atoms with E-state index >= 15 is 0 Å². The Balaban J connectivity index is 1.81. The molecule has 132 valence electrons. The minimum Gasteiger partial charge on any atom is -0.454 e. The van der Waals surface area contributed by atoms with Gasteiger partial charge < -0.3 is 4.74 Å². The summed E-state index contributed by atoms with van der Waals surface area (Å²) in [4.78, 5) is 32.7. The molecule has 1 aromatic rings. The molecule has 3 rings (SSSR count). The van der Waals surface area contributed by atoms with Crippen LogP contribution in [-0.4, -0.2) is 21.9 Å². The van der Waals surface area contributed by atoms with Gasteiger partial charge in [0.05, 0.1) is 21.5 Å². The Morgan fingerprint density at radius 1 is 1.20 bits per heavy atom. The first kappa shape index (κ1) is 17.1. The van der Waals surface area contributed by atoms with Gasteiger partial charge in [-0.25, -0.2) is 4.79 Å². The van der Waals surface area contributed by atoms with E-state index in [1.54, 1.807) is 0 Å². The van der Waals surface area contributed by atoms with Crippen LogP contribution in [0.2, 0.25) is 0 Å². The molecule has 2 saturated carbocycles. The van der Waals surface area contributed by atoms with Crippen LogP contribution < -0.4 is 0 Å². The van der Waals surface area contributed by atoms with Gasteiger partial charge in [0.1, 0.15) is 6.10 Å². The van der Waals surface area contributed by atoms with E-state index in [0.717, 1.165) is 30.2 Å². The highest BCUT2D eigenvalue weighted by atomic mass is 16.6. The summed E-state index contributed by atoms with van der Waals surface area (Å²) in [5.74, 6) is -0.0280. The molecule has 0 N–H and O–H groups in total. The predicted octanol–water partition coefficient (Wildman–Crippen LogP) is 3.65. The minimum atomic E-state index is -0.807. The highest BCUT2D eigenvalue weighted by Gasteiger charge is 2.64. The molecule has 0 unspecified atom stereocenters. The van der Waals surface area contributed by atoms with Gasteiger partial charge in [0, 0.05) is 12.1 Å². The van der Waals surface area contributed by atoms with Crippen molar-refractivity contribution in [1.82, 2.24) is 0 Å². The molecule has 0 spiro atoms. The van der Waals surface area contributed by atoms with Gasteiger partial charge in [-0.05, 0) is 35.7 Å². The molecule has 1 aromatic carbocycles. The van der Waals surface area contributed by atoms with Gasteiger partial charge >= 0.3 is 5.97 Å². The van der Waals surface area contributed by atoms with Gasteiger partial charge in [-0.2, -0.15) is 0 Å². The monoisotopic (exact) mass is 346 g/mol. The maximum Gasteiger partial charge on any atom is 0.339 e. The third-order valence-electron chi connectivity index (χ3n) is 5.50. The van der Waals surface area contributed by atoms with Crippen molar-refractivity contribution in [2.75, 3.05) is 0 Å². The summed E-state index contributed by atoms with van der Waals surface area (Å²) in [7, 11) is 0. The lowest BCUT2D eigenvalue weighted by molar-refractivity contribution is -0.394.